The van der Waals surface area contributed by atoms with Crippen LogP contribution in [0.4, 0.5) is 0 Å². The number of allylic oxidation sites excluding steroid dienone is 2. The highest BCUT2D eigenvalue weighted by atomic mass is 35.5. The number of halogens is 1. The van der Waals surface area contributed by atoms with Crippen LogP contribution in [0, 0.1) is 30.6 Å². The third-order valence-corrected chi connectivity index (χ3v) is 5.41. The monoisotopic (exact) mass is 360 g/mol. The quantitative estimate of drug-likeness (QED) is 0.355. The maximum Gasteiger partial charge on any atom is 0.326 e. The van der Waals surface area contributed by atoms with E-state index in [9.17, 15) is 14.4 Å². The van der Waals surface area contributed by atoms with E-state index in [1.807, 2.05) is 19.1 Å². The zero-order valence-electron chi connectivity index (χ0n) is 13.6. The second-order valence-electron chi connectivity index (χ2n) is 6.88. The van der Waals surface area contributed by atoms with Crippen LogP contribution in [0.5, 0.6) is 0 Å². The molecule has 0 radical (unpaired) electrons. The number of amides is 2. The van der Waals surface area contributed by atoms with Crippen LogP contribution in [0.3, 0.4) is 0 Å². The van der Waals surface area contributed by atoms with Crippen molar-refractivity contribution < 1.29 is 19.1 Å². The number of ether oxygens (including phenoxy) is 1. The van der Waals surface area contributed by atoms with Crippen molar-refractivity contribution in [2.45, 2.75) is 20.0 Å². The van der Waals surface area contributed by atoms with Crippen molar-refractivity contribution in [3.8, 4) is 0 Å². The Morgan fingerprint density at radius 1 is 1.24 bits per heavy atom. The Bertz CT molecular complexity index is 756. The van der Waals surface area contributed by atoms with E-state index in [2.05, 4.69) is 4.98 Å². The summed E-state index contributed by atoms with van der Waals surface area (Å²) < 4.78 is 5.17. The topological polar surface area (TPSA) is 76.6 Å². The first-order chi connectivity index (χ1) is 11.9. The highest BCUT2D eigenvalue weighted by molar-refractivity contribution is 6.29. The van der Waals surface area contributed by atoms with Crippen LogP contribution in [-0.2, 0) is 25.7 Å². The lowest BCUT2D eigenvalue weighted by atomic mass is 9.85. The largest absolute Gasteiger partial charge is 0.458 e. The van der Waals surface area contributed by atoms with Crippen LogP contribution in [0.15, 0.2) is 24.3 Å². The number of hydrogen-bond donors (Lipinski definition) is 0. The minimum atomic E-state index is -0.624. The first-order valence-corrected chi connectivity index (χ1v) is 8.64. The maximum absolute atomic E-state index is 12.5. The third kappa shape index (κ3) is 2.74. The first-order valence-electron chi connectivity index (χ1n) is 8.26. The van der Waals surface area contributed by atoms with Crippen molar-refractivity contribution in [2.24, 2.45) is 23.7 Å². The Morgan fingerprint density at radius 3 is 2.48 bits per heavy atom. The molecule has 1 aromatic heterocycles. The van der Waals surface area contributed by atoms with Crippen molar-refractivity contribution in [3.63, 3.8) is 0 Å². The van der Waals surface area contributed by atoms with Crippen molar-refractivity contribution in [2.75, 3.05) is 6.54 Å². The molecule has 4 rings (SSSR count). The van der Waals surface area contributed by atoms with Crippen LogP contribution < -0.4 is 0 Å². The highest BCUT2D eigenvalue weighted by Crippen LogP contribution is 2.52. The molecule has 1 aliphatic heterocycles. The maximum atomic E-state index is 12.5. The van der Waals surface area contributed by atoms with E-state index in [1.165, 1.54) is 0 Å². The van der Waals surface area contributed by atoms with Gasteiger partial charge in [0.2, 0.25) is 11.8 Å². The normalized spacial score (nSPS) is 29.4. The summed E-state index contributed by atoms with van der Waals surface area (Å²) in [4.78, 5) is 42.3. The molecule has 0 spiro atoms. The molecule has 2 heterocycles. The summed E-state index contributed by atoms with van der Waals surface area (Å²) in [6, 6.07) is 3.47. The number of likely N-dealkylation sites (tertiary alicyclic amines) is 1. The van der Waals surface area contributed by atoms with Gasteiger partial charge in [0.15, 0.2) is 0 Å². The van der Waals surface area contributed by atoms with Crippen molar-refractivity contribution >= 4 is 29.4 Å². The van der Waals surface area contributed by atoms with Gasteiger partial charge < -0.3 is 4.74 Å². The minimum absolute atomic E-state index is 0.0455. The van der Waals surface area contributed by atoms with E-state index >= 15 is 0 Å². The van der Waals surface area contributed by atoms with E-state index in [-0.39, 0.29) is 48.6 Å². The Balaban J connectivity index is 1.38. The van der Waals surface area contributed by atoms with Crippen LogP contribution in [0.1, 0.15) is 17.7 Å². The Morgan fingerprint density at radius 2 is 1.88 bits per heavy atom. The lowest BCUT2D eigenvalue weighted by molar-refractivity contribution is -0.154. The standard InChI is InChI=1S/C18H17ClN2O4/c1-9-4-12(20-13(19)5-9)8-25-14(22)7-21-17(23)15-10-2-3-11(6-10)16(15)18(21)24/h2-5,10-11,15-16H,6-8H2,1H3/t10-,11-,15+,16+/m0/s1. The fourth-order valence-electron chi connectivity index (χ4n) is 4.22. The van der Waals surface area contributed by atoms with Gasteiger partial charge in [0, 0.05) is 0 Å². The van der Waals surface area contributed by atoms with E-state index in [0.717, 1.165) is 16.9 Å². The van der Waals surface area contributed by atoms with Crippen LogP contribution in [-0.4, -0.2) is 34.2 Å². The van der Waals surface area contributed by atoms with Crippen LogP contribution in [0.25, 0.3) is 0 Å². The number of carbonyl (C=O) groups is 3. The van der Waals surface area contributed by atoms with Crippen molar-refractivity contribution in [1.82, 2.24) is 9.88 Å². The van der Waals surface area contributed by atoms with E-state index in [4.69, 9.17) is 16.3 Å². The van der Waals surface area contributed by atoms with Crippen LogP contribution in [0.2, 0.25) is 5.15 Å². The molecule has 0 aromatic carbocycles. The van der Waals surface area contributed by atoms with Gasteiger partial charge in [0.1, 0.15) is 18.3 Å². The fraction of sp³-hybridized carbons (Fsp3) is 0.444. The average molecular weight is 361 g/mol. The molecule has 4 atom stereocenters. The van der Waals surface area contributed by atoms with Gasteiger partial charge in [-0.25, -0.2) is 4.98 Å². The summed E-state index contributed by atoms with van der Waals surface area (Å²) in [5.41, 5.74) is 1.43. The SMILES string of the molecule is Cc1cc(Cl)nc(COC(=O)CN2C(=O)[C@H]3[C@H](C2=O)[C@H]2C=C[C@H]3C2)c1. The second-order valence-corrected chi connectivity index (χ2v) is 7.27. The number of esters is 1. The smallest absolute Gasteiger partial charge is 0.326 e. The minimum Gasteiger partial charge on any atom is -0.458 e. The molecule has 1 saturated heterocycles. The summed E-state index contributed by atoms with van der Waals surface area (Å²) in [5.74, 6) is -1.46. The number of carbonyl (C=O) groups excluding carboxylic acids is 3. The lowest BCUT2D eigenvalue weighted by Crippen LogP contribution is -2.38. The van der Waals surface area contributed by atoms with Gasteiger partial charge in [-0.1, -0.05) is 23.8 Å². The molecule has 6 nitrogen and oxygen atoms in total. The molecule has 2 aliphatic carbocycles. The molecule has 130 valence electrons. The summed E-state index contributed by atoms with van der Waals surface area (Å²) in [6.07, 6.45) is 4.91. The average Bonchev–Trinajstić information content (AvgIpc) is 3.22. The fourth-order valence-corrected chi connectivity index (χ4v) is 4.50. The zero-order valence-corrected chi connectivity index (χ0v) is 14.4. The summed E-state index contributed by atoms with van der Waals surface area (Å²) in [7, 11) is 0. The molecule has 0 N–H and O–H groups in total. The number of pyridine rings is 1. The molecule has 7 heteroatoms. The molecule has 1 aromatic rings. The number of aryl methyl sites for hydroxylation is 1. The van der Waals surface area contributed by atoms with Gasteiger partial charge in [-0.2, -0.15) is 0 Å². The number of nitrogens with zero attached hydrogens (tertiary/aromatic N) is 2. The van der Waals surface area contributed by atoms with Gasteiger partial charge in [-0.15, -0.1) is 0 Å². The number of aromatic nitrogens is 1. The number of imide groups is 1. The van der Waals surface area contributed by atoms with Crippen LogP contribution >= 0.6 is 11.6 Å². The molecule has 25 heavy (non-hydrogen) atoms. The lowest BCUT2D eigenvalue weighted by Gasteiger charge is -2.16. The van der Waals surface area contributed by atoms with E-state index in [0.29, 0.717) is 10.8 Å². The summed E-state index contributed by atoms with van der Waals surface area (Å²) in [5, 5.41) is 0.326. The summed E-state index contributed by atoms with van der Waals surface area (Å²) >= 11 is 5.87. The number of rotatable bonds is 4. The van der Waals surface area contributed by atoms with Gasteiger partial charge in [0.05, 0.1) is 17.5 Å². The number of fused-ring (bicyclic) bond motifs is 5. The Kier molecular flexibility index (Phi) is 3.87. The third-order valence-electron chi connectivity index (χ3n) is 5.22. The predicted molar refractivity (Wildman–Crippen MR) is 88.2 cm³/mol. The Labute approximate surface area is 149 Å². The first kappa shape index (κ1) is 16.3. The molecule has 2 bridgehead atoms. The highest BCUT2D eigenvalue weighted by Gasteiger charge is 2.59. The predicted octanol–water partition coefficient (Wildman–Crippen LogP) is 1.89. The van der Waals surface area contributed by atoms with Crippen molar-refractivity contribution in [1.29, 1.82) is 0 Å². The molecule has 0 unspecified atom stereocenters. The molecule has 1 saturated carbocycles. The van der Waals surface area contributed by atoms with Gasteiger partial charge in [-0.3, -0.25) is 19.3 Å². The molecule has 2 amide bonds. The second kappa shape index (κ2) is 5.95. The molecular weight excluding hydrogens is 344 g/mol. The number of hydrogen-bond acceptors (Lipinski definition) is 5. The summed E-state index contributed by atoms with van der Waals surface area (Å²) in [6.45, 7) is 1.47. The van der Waals surface area contributed by atoms with E-state index < -0.39 is 5.97 Å². The van der Waals surface area contributed by atoms with Gasteiger partial charge in [-0.05, 0) is 42.9 Å². The molecule has 3 aliphatic rings. The van der Waals surface area contributed by atoms with E-state index in [1.54, 1.807) is 12.1 Å². The molecule has 2 fully saturated rings. The zero-order chi connectivity index (χ0) is 17.7. The van der Waals surface area contributed by atoms with Gasteiger partial charge in [0.25, 0.3) is 0 Å². The molecular formula is C18H17ClN2O4. The van der Waals surface area contributed by atoms with Gasteiger partial charge >= 0.3 is 5.97 Å². The van der Waals surface area contributed by atoms with Crippen molar-refractivity contribution in [3.05, 3.63) is 40.7 Å². The Hall–Kier alpha value is -2.21.